The molecule has 3 rings (SSSR count). The molecule has 3 aromatic rings. The molecule has 0 aliphatic heterocycles. The molecule has 0 saturated carbocycles. The Hall–Kier alpha value is -2.64. The minimum atomic E-state index is -0.292. The van der Waals surface area contributed by atoms with Crippen LogP contribution in [0.3, 0.4) is 0 Å². The Morgan fingerprint density at radius 2 is 1.82 bits per heavy atom. The van der Waals surface area contributed by atoms with Gasteiger partial charge in [0.15, 0.2) is 0 Å². The third kappa shape index (κ3) is 5.94. The summed E-state index contributed by atoms with van der Waals surface area (Å²) < 4.78 is 0.832. The predicted octanol–water partition coefficient (Wildman–Crippen LogP) is 5.14. The Balaban J connectivity index is 1.57. The van der Waals surface area contributed by atoms with E-state index in [1.807, 2.05) is 31.2 Å². The number of halogens is 1. The van der Waals surface area contributed by atoms with Gasteiger partial charge in [-0.05, 0) is 65.3 Å². The maximum Gasteiger partial charge on any atom is 0.256 e. The van der Waals surface area contributed by atoms with Gasteiger partial charge in [0.25, 0.3) is 5.91 Å². The maximum atomic E-state index is 12.4. The summed E-state index contributed by atoms with van der Waals surface area (Å²) in [6.07, 6.45) is 1.61. The minimum absolute atomic E-state index is 0.127. The van der Waals surface area contributed by atoms with Gasteiger partial charge in [-0.25, -0.2) is 4.98 Å². The summed E-state index contributed by atoms with van der Waals surface area (Å²) in [5, 5.41) is 5.56. The Labute approximate surface area is 176 Å². The first-order valence-corrected chi connectivity index (χ1v) is 10.3. The van der Waals surface area contributed by atoms with Crippen molar-refractivity contribution in [1.82, 2.24) is 4.98 Å². The predicted molar refractivity (Wildman–Crippen MR) is 117 cm³/mol. The molecule has 7 heteroatoms. The number of anilines is 2. The molecule has 142 valence electrons. The van der Waals surface area contributed by atoms with Crippen molar-refractivity contribution in [2.24, 2.45) is 0 Å². The van der Waals surface area contributed by atoms with Crippen molar-refractivity contribution in [3.05, 3.63) is 82.5 Å². The number of hydrogen-bond donors (Lipinski definition) is 2. The van der Waals surface area contributed by atoms with Crippen molar-refractivity contribution < 1.29 is 9.59 Å². The lowest BCUT2D eigenvalue weighted by atomic mass is 10.2. The molecule has 0 aliphatic carbocycles. The van der Waals surface area contributed by atoms with Crippen LogP contribution in [-0.4, -0.2) is 22.6 Å². The Morgan fingerprint density at radius 1 is 1.04 bits per heavy atom. The summed E-state index contributed by atoms with van der Waals surface area (Å²) >= 11 is 4.77. The van der Waals surface area contributed by atoms with E-state index < -0.39 is 0 Å². The highest BCUT2D eigenvalue weighted by Crippen LogP contribution is 2.19. The lowest BCUT2D eigenvalue weighted by molar-refractivity contribution is -0.113. The van der Waals surface area contributed by atoms with E-state index in [1.165, 1.54) is 17.3 Å². The molecule has 2 aromatic carbocycles. The third-order valence-electron chi connectivity index (χ3n) is 3.77. The second-order valence-electron chi connectivity index (χ2n) is 6.05. The number of benzene rings is 2. The standard InChI is InChI=1S/C21H18BrN3O2S/c1-14-5-8-18(9-6-14)28-13-20(26)24-17-4-2-3-15(11-17)21(27)25-19-10-7-16(22)12-23-19/h2-12H,13H2,1H3,(H,24,26)(H,23,25,27). The molecule has 0 fully saturated rings. The number of nitrogens with zero attached hydrogens (tertiary/aromatic N) is 1. The van der Waals surface area contributed by atoms with Gasteiger partial charge in [-0.2, -0.15) is 0 Å². The first-order chi connectivity index (χ1) is 13.5. The Kier molecular flexibility index (Phi) is 6.84. The molecule has 0 bridgehead atoms. The molecule has 1 aromatic heterocycles. The normalized spacial score (nSPS) is 10.4. The average molecular weight is 456 g/mol. The molecule has 2 N–H and O–H groups in total. The molecule has 0 unspecified atom stereocenters. The van der Waals surface area contributed by atoms with Crippen LogP contribution in [-0.2, 0) is 4.79 Å². The fourth-order valence-electron chi connectivity index (χ4n) is 2.36. The van der Waals surface area contributed by atoms with E-state index in [0.717, 1.165) is 9.37 Å². The highest BCUT2D eigenvalue weighted by Gasteiger charge is 2.09. The molecule has 0 spiro atoms. The summed E-state index contributed by atoms with van der Waals surface area (Å²) in [6.45, 7) is 2.02. The van der Waals surface area contributed by atoms with Crippen LogP contribution in [0.15, 0.2) is 76.2 Å². The quantitative estimate of drug-likeness (QED) is 0.505. The number of aryl methyl sites for hydroxylation is 1. The van der Waals surface area contributed by atoms with Gasteiger partial charge in [0.2, 0.25) is 5.91 Å². The highest BCUT2D eigenvalue weighted by molar-refractivity contribution is 9.10. The zero-order chi connectivity index (χ0) is 19.9. The van der Waals surface area contributed by atoms with Crippen LogP contribution < -0.4 is 10.6 Å². The van der Waals surface area contributed by atoms with Crippen LogP contribution >= 0.6 is 27.7 Å². The lowest BCUT2D eigenvalue weighted by Crippen LogP contribution is -2.16. The second kappa shape index (κ2) is 9.52. The number of thioether (sulfide) groups is 1. The van der Waals surface area contributed by atoms with Gasteiger partial charge in [0, 0.05) is 26.8 Å². The molecule has 0 radical (unpaired) electrons. The molecule has 2 amide bonds. The van der Waals surface area contributed by atoms with Crippen LogP contribution in [0.5, 0.6) is 0 Å². The second-order valence-corrected chi connectivity index (χ2v) is 8.01. The SMILES string of the molecule is Cc1ccc(SCC(=O)Nc2cccc(C(=O)Nc3ccc(Br)cn3)c2)cc1. The summed E-state index contributed by atoms with van der Waals surface area (Å²) in [7, 11) is 0. The van der Waals surface area contributed by atoms with Gasteiger partial charge < -0.3 is 10.6 Å². The summed E-state index contributed by atoms with van der Waals surface area (Å²) in [5.74, 6) is 0.331. The molecule has 0 saturated heterocycles. The van der Waals surface area contributed by atoms with Crippen LogP contribution in [0, 0.1) is 6.92 Å². The zero-order valence-electron chi connectivity index (χ0n) is 15.1. The molecule has 28 heavy (non-hydrogen) atoms. The number of rotatable bonds is 6. The largest absolute Gasteiger partial charge is 0.325 e. The number of nitrogens with one attached hydrogen (secondary N) is 2. The van der Waals surface area contributed by atoms with E-state index in [9.17, 15) is 9.59 Å². The fraction of sp³-hybridized carbons (Fsp3) is 0.0952. The van der Waals surface area contributed by atoms with Crippen LogP contribution in [0.2, 0.25) is 0 Å². The van der Waals surface area contributed by atoms with Gasteiger partial charge in [0.05, 0.1) is 5.75 Å². The molecular weight excluding hydrogens is 438 g/mol. The van der Waals surface area contributed by atoms with E-state index in [-0.39, 0.29) is 11.8 Å². The summed E-state index contributed by atoms with van der Waals surface area (Å²) in [4.78, 5) is 29.8. The van der Waals surface area contributed by atoms with Gasteiger partial charge in [0.1, 0.15) is 5.82 Å². The number of pyridine rings is 1. The summed E-state index contributed by atoms with van der Waals surface area (Å²) in [6, 6.07) is 18.3. The minimum Gasteiger partial charge on any atom is -0.325 e. The van der Waals surface area contributed by atoms with Crippen LogP contribution in [0.4, 0.5) is 11.5 Å². The van der Waals surface area contributed by atoms with E-state index in [4.69, 9.17) is 0 Å². The lowest BCUT2D eigenvalue weighted by Gasteiger charge is -2.08. The first-order valence-electron chi connectivity index (χ1n) is 8.52. The third-order valence-corrected chi connectivity index (χ3v) is 5.25. The van der Waals surface area contributed by atoms with Crippen molar-refractivity contribution in [2.75, 3.05) is 16.4 Å². The van der Waals surface area contributed by atoms with Crippen molar-refractivity contribution in [3.8, 4) is 0 Å². The monoisotopic (exact) mass is 455 g/mol. The first kappa shape index (κ1) is 20.1. The highest BCUT2D eigenvalue weighted by atomic mass is 79.9. The van der Waals surface area contributed by atoms with Gasteiger partial charge >= 0.3 is 0 Å². The number of amides is 2. The number of carbonyl (C=O) groups is 2. The zero-order valence-corrected chi connectivity index (χ0v) is 17.5. The van der Waals surface area contributed by atoms with Crippen molar-refractivity contribution in [1.29, 1.82) is 0 Å². The molecule has 0 aliphatic rings. The van der Waals surface area contributed by atoms with E-state index >= 15 is 0 Å². The van der Waals surface area contributed by atoms with E-state index in [2.05, 4.69) is 31.5 Å². The summed E-state index contributed by atoms with van der Waals surface area (Å²) in [5.41, 5.74) is 2.20. The molecular formula is C21H18BrN3O2S. The molecule has 0 atom stereocenters. The topological polar surface area (TPSA) is 71.1 Å². The van der Waals surface area contributed by atoms with Crippen molar-refractivity contribution in [2.45, 2.75) is 11.8 Å². The van der Waals surface area contributed by atoms with Crippen LogP contribution in [0.1, 0.15) is 15.9 Å². The van der Waals surface area contributed by atoms with Gasteiger partial charge in [-0.15, -0.1) is 11.8 Å². The van der Waals surface area contributed by atoms with Crippen molar-refractivity contribution >= 4 is 51.0 Å². The Bertz CT molecular complexity index is 976. The molecule has 1 heterocycles. The van der Waals surface area contributed by atoms with Crippen LogP contribution in [0.25, 0.3) is 0 Å². The molecule has 5 nitrogen and oxygen atoms in total. The number of carbonyl (C=O) groups excluding carboxylic acids is 2. The number of aromatic nitrogens is 1. The fourth-order valence-corrected chi connectivity index (χ4v) is 3.29. The smallest absolute Gasteiger partial charge is 0.256 e. The van der Waals surface area contributed by atoms with Gasteiger partial charge in [-0.1, -0.05) is 23.8 Å². The van der Waals surface area contributed by atoms with Gasteiger partial charge in [-0.3, -0.25) is 9.59 Å². The number of hydrogen-bond acceptors (Lipinski definition) is 4. The van der Waals surface area contributed by atoms with E-state index in [1.54, 1.807) is 42.6 Å². The Morgan fingerprint density at radius 3 is 2.54 bits per heavy atom. The average Bonchev–Trinajstić information content (AvgIpc) is 2.69. The maximum absolute atomic E-state index is 12.4. The van der Waals surface area contributed by atoms with E-state index in [0.29, 0.717) is 22.8 Å². The van der Waals surface area contributed by atoms with Crippen molar-refractivity contribution in [3.63, 3.8) is 0 Å².